The quantitative estimate of drug-likeness (QED) is 0.696. The first-order chi connectivity index (χ1) is 7.13. The number of hydrogen-bond donors (Lipinski definition) is 0. The molecule has 0 aliphatic carbocycles. The minimum absolute atomic E-state index is 0.721. The van der Waals surface area contributed by atoms with E-state index >= 15 is 0 Å². The van der Waals surface area contributed by atoms with Crippen molar-refractivity contribution in [3.63, 3.8) is 0 Å². The van der Waals surface area contributed by atoms with Crippen LogP contribution in [0, 0.1) is 13.8 Å². The van der Waals surface area contributed by atoms with Crippen molar-refractivity contribution >= 4 is 6.29 Å². The van der Waals surface area contributed by atoms with Gasteiger partial charge in [0.25, 0.3) is 0 Å². The van der Waals surface area contributed by atoms with Gasteiger partial charge in [-0.3, -0.25) is 9.48 Å². The molecule has 4 nitrogen and oxygen atoms in total. The largest absolute Gasteiger partial charge is 0.301 e. The summed E-state index contributed by atoms with van der Waals surface area (Å²) in [4.78, 5) is 10.8. The zero-order valence-corrected chi connectivity index (χ0v) is 9.06. The highest BCUT2D eigenvalue weighted by Gasteiger charge is 2.11. The van der Waals surface area contributed by atoms with E-state index in [1.54, 1.807) is 4.68 Å². The predicted molar refractivity (Wildman–Crippen MR) is 57.4 cm³/mol. The number of carbonyl (C=O) groups excluding carboxylic acids is 1. The number of hydrogen-bond acceptors (Lipinski definition) is 2. The highest BCUT2D eigenvalue weighted by atomic mass is 16.1. The molecular weight excluding hydrogens is 190 g/mol. The first-order valence-corrected chi connectivity index (χ1v) is 4.77. The molecule has 2 aromatic rings. The molecule has 2 rings (SSSR count). The van der Waals surface area contributed by atoms with Crippen molar-refractivity contribution in [2.24, 2.45) is 7.05 Å². The first-order valence-electron chi connectivity index (χ1n) is 4.77. The lowest BCUT2D eigenvalue weighted by Gasteiger charge is -2.04. The van der Waals surface area contributed by atoms with Gasteiger partial charge in [-0.2, -0.15) is 5.10 Å². The summed E-state index contributed by atoms with van der Waals surface area (Å²) in [6.45, 7) is 3.89. The van der Waals surface area contributed by atoms with Crippen LogP contribution in [0.15, 0.2) is 18.3 Å². The van der Waals surface area contributed by atoms with E-state index in [9.17, 15) is 4.79 Å². The molecule has 0 saturated heterocycles. The molecule has 0 unspecified atom stereocenters. The van der Waals surface area contributed by atoms with Crippen LogP contribution in [-0.4, -0.2) is 20.6 Å². The zero-order valence-electron chi connectivity index (χ0n) is 9.06. The van der Waals surface area contributed by atoms with E-state index in [1.165, 1.54) is 0 Å². The van der Waals surface area contributed by atoms with Gasteiger partial charge < -0.3 is 4.57 Å². The molecule has 0 aliphatic rings. The highest BCUT2D eigenvalue weighted by Crippen LogP contribution is 2.17. The highest BCUT2D eigenvalue weighted by molar-refractivity contribution is 5.77. The topological polar surface area (TPSA) is 39.8 Å². The molecule has 0 radical (unpaired) electrons. The molecule has 0 fully saturated rings. The van der Waals surface area contributed by atoms with Crippen LogP contribution in [0.3, 0.4) is 0 Å². The van der Waals surface area contributed by atoms with E-state index in [1.807, 2.05) is 43.8 Å². The van der Waals surface area contributed by atoms with Crippen molar-refractivity contribution in [2.75, 3.05) is 0 Å². The van der Waals surface area contributed by atoms with E-state index < -0.39 is 0 Å². The molecule has 15 heavy (non-hydrogen) atoms. The molecule has 0 amide bonds. The van der Waals surface area contributed by atoms with Crippen molar-refractivity contribution in [1.82, 2.24) is 14.3 Å². The van der Waals surface area contributed by atoms with Gasteiger partial charge in [0.15, 0.2) is 12.1 Å². The second-order valence-corrected chi connectivity index (χ2v) is 3.63. The summed E-state index contributed by atoms with van der Waals surface area (Å²) < 4.78 is 3.72. The Morgan fingerprint density at radius 1 is 1.40 bits per heavy atom. The van der Waals surface area contributed by atoms with Crippen LogP contribution in [0.2, 0.25) is 0 Å². The minimum atomic E-state index is 0.721. The van der Waals surface area contributed by atoms with E-state index in [0.29, 0.717) is 0 Å². The molecule has 0 N–H and O–H groups in total. The van der Waals surface area contributed by atoms with Crippen molar-refractivity contribution in [3.05, 3.63) is 35.3 Å². The standard InChI is InChI=1S/C11H13N3O/c1-8-6-10(7-15)9(2)14(8)11-4-5-13(3)12-11/h4-7H,1-3H3. The first kappa shape index (κ1) is 9.71. The smallest absolute Gasteiger partial charge is 0.159 e. The van der Waals surface area contributed by atoms with Gasteiger partial charge in [0.1, 0.15) is 0 Å². The molecule has 0 atom stereocenters. The van der Waals surface area contributed by atoms with E-state index in [-0.39, 0.29) is 0 Å². The van der Waals surface area contributed by atoms with Gasteiger partial charge in [-0.1, -0.05) is 0 Å². The summed E-state index contributed by atoms with van der Waals surface area (Å²) in [5.41, 5.74) is 2.67. The van der Waals surface area contributed by atoms with Crippen LogP contribution >= 0.6 is 0 Å². The number of carbonyl (C=O) groups is 1. The van der Waals surface area contributed by atoms with Crippen molar-refractivity contribution in [2.45, 2.75) is 13.8 Å². The average Bonchev–Trinajstić information content (AvgIpc) is 2.71. The van der Waals surface area contributed by atoms with Crippen LogP contribution in [0.25, 0.3) is 5.82 Å². The molecule has 2 aromatic heterocycles. The average molecular weight is 203 g/mol. The Balaban J connectivity index is 2.62. The minimum Gasteiger partial charge on any atom is -0.301 e. The molecular formula is C11H13N3O. The van der Waals surface area contributed by atoms with Crippen LogP contribution in [0.5, 0.6) is 0 Å². The Labute approximate surface area is 88.1 Å². The van der Waals surface area contributed by atoms with Crippen molar-refractivity contribution in [1.29, 1.82) is 0 Å². The normalized spacial score (nSPS) is 10.6. The van der Waals surface area contributed by atoms with Crippen LogP contribution in [0.4, 0.5) is 0 Å². The van der Waals surface area contributed by atoms with Crippen molar-refractivity contribution in [3.8, 4) is 5.82 Å². The lowest BCUT2D eigenvalue weighted by Crippen LogP contribution is -2.01. The third-order valence-electron chi connectivity index (χ3n) is 2.53. The Morgan fingerprint density at radius 3 is 2.60 bits per heavy atom. The summed E-state index contributed by atoms with van der Waals surface area (Å²) in [5.74, 6) is 0.848. The monoisotopic (exact) mass is 203 g/mol. The SMILES string of the molecule is Cc1cc(C=O)c(C)n1-c1ccn(C)n1. The fourth-order valence-electron chi connectivity index (χ4n) is 1.78. The van der Waals surface area contributed by atoms with Gasteiger partial charge in [-0.15, -0.1) is 0 Å². The van der Waals surface area contributed by atoms with Gasteiger partial charge in [-0.25, -0.2) is 0 Å². The molecule has 2 heterocycles. The maximum Gasteiger partial charge on any atom is 0.159 e. The van der Waals surface area contributed by atoms with Crippen LogP contribution < -0.4 is 0 Å². The molecule has 4 heteroatoms. The number of nitrogens with zero attached hydrogens (tertiary/aromatic N) is 3. The lowest BCUT2D eigenvalue weighted by molar-refractivity contribution is 0.112. The Morgan fingerprint density at radius 2 is 2.13 bits per heavy atom. The third kappa shape index (κ3) is 1.48. The molecule has 0 aromatic carbocycles. The number of aldehydes is 1. The summed E-state index contributed by atoms with van der Waals surface area (Å²) in [6, 6.07) is 3.80. The Kier molecular flexibility index (Phi) is 2.19. The van der Waals surface area contributed by atoms with E-state index in [0.717, 1.165) is 29.1 Å². The lowest BCUT2D eigenvalue weighted by atomic mass is 10.3. The molecule has 0 aliphatic heterocycles. The van der Waals surface area contributed by atoms with Gasteiger partial charge >= 0.3 is 0 Å². The summed E-state index contributed by atoms with van der Waals surface area (Å²) in [7, 11) is 1.87. The van der Waals surface area contributed by atoms with Crippen LogP contribution in [0.1, 0.15) is 21.7 Å². The third-order valence-corrected chi connectivity index (χ3v) is 2.53. The summed E-state index contributed by atoms with van der Waals surface area (Å²) >= 11 is 0. The zero-order chi connectivity index (χ0) is 11.0. The van der Waals surface area contributed by atoms with Crippen LogP contribution in [-0.2, 0) is 7.05 Å². The fourth-order valence-corrected chi connectivity index (χ4v) is 1.78. The number of aryl methyl sites for hydroxylation is 2. The second kappa shape index (κ2) is 3.38. The van der Waals surface area contributed by atoms with Gasteiger partial charge in [0.2, 0.25) is 0 Å². The van der Waals surface area contributed by atoms with E-state index in [4.69, 9.17) is 0 Å². The molecule has 0 saturated carbocycles. The van der Waals surface area contributed by atoms with Crippen molar-refractivity contribution < 1.29 is 4.79 Å². The van der Waals surface area contributed by atoms with Gasteiger partial charge in [-0.05, 0) is 19.9 Å². The molecule has 78 valence electrons. The Hall–Kier alpha value is -1.84. The maximum absolute atomic E-state index is 10.8. The summed E-state index contributed by atoms with van der Waals surface area (Å²) in [6.07, 6.45) is 2.76. The Bertz CT molecular complexity index is 508. The number of rotatable bonds is 2. The van der Waals surface area contributed by atoms with E-state index in [2.05, 4.69) is 5.10 Å². The molecule has 0 bridgehead atoms. The maximum atomic E-state index is 10.8. The van der Waals surface area contributed by atoms with Gasteiger partial charge in [0.05, 0.1) is 0 Å². The number of aromatic nitrogens is 3. The molecule has 0 spiro atoms. The predicted octanol–water partition coefficient (Wildman–Crippen LogP) is 1.64. The second-order valence-electron chi connectivity index (χ2n) is 3.63. The summed E-state index contributed by atoms with van der Waals surface area (Å²) in [5, 5.41) is 4.31. The fraction of sp³-hybridized carbons (Fsp3) is 0.273. The van der Waals surface area contributed by atoms with Gasteiger partial charge in [0, 0.05) is 36.3 Å².